The van der Waals surface area contributed by atoms with E-state index in [-0.39, 0.29) is 36.2 Å². The highest BCUT2D eigenvalue weighted by Crippen LogP contribution is 2.25. The van der Waals surface area contributed by atoms with Crippen LogP contribution in [0.5, 0.6) is 0 Å². The summed E-state index contributed by atoms with van der Waals surface area (Å²) < 4.78 is 0. The van der Waals surface area contributed by atoms with Crippen molar-refractivity contribution in [1.82, 2.24) is 10.2 Å². The van der Waals surface area contributed by atoms with E-state index < -0.39 is 0 Å². The Kier molecular flexibility index (Phi) is 8.11. The molecule has 2 unspecified atom stereocenters. The van der Waals surface area contributed by atoms with Crippen LogP contribution in [0.2, 0.25) is 0 Å². The molecule has 6 heteroatoms. The quantitative estimate of drug-likeness (QED) is 0.806. The van der Waals surface area contributed by atoms with E-state index in [1.807, 2.05) is 29.2 Å². The monoisotopic (exact) mass is 393 g/mol. The summed E-state index contributed by atoms with van der Waals surface area (Å²) in [6, 6.07) is 7.74. The fraction of sp³-hybridized carbons (Fsp3) is 0.619. The summed E-state index contributed by atoms with van der Waals surface area (Å²) in [4.78, 5) is 26.9. The van der Waals surface area contributed by atoms with Gasteiger partial charge in [0.25, 0.3) is 5.91 Å². The molecule has 2 aliphatic rings. The number of hydrogen-bond donors (Lipinski definition) is 2. The molecule has 0 aromatic heterocycles. The lowest BCUT2D eigenvalue weighted by atomic mass is 9.92. The van der Waals surface area contributed by atoms with Gasteiger partial charge in [-0.1, -0.05) is 31.9 Å². The van der Waals surface area contributed by atoms with E-state index in [2.05, 4.69) is 12.2 Å². The summed E-state index contributed by atoms with van der Waals surface area (Å²) in [5.41, 5.74) is 7.60. The van der Waals surface area contributed by atoms with Gasteiger partial charge in [-0.25, -0.2) is 0 Å². The van der Waals surface area contributed by atoms with E-state index in [9.17, 15) is 9.59 Å². The number of rotatable bonds is 5. The van der Waals surface area contributed by atoms with Gasteiger partial charge in [0.05, 0.1) is 0 Å². The van der Waals surface area contributed by atoms with Gasteiger partial charge in [-0.3, -0.25) is 9.59 Å². The number of benzene rings is 1. The Morgan fingerprint density at radius 3 is 2.44 bits per heavy atom. The molecule has 1 aliphatic carbocycles. The first-order valence-electron chi connectivity index (χ1n) is 9.96. The van der Waals surface area contributed by atoms with Crippen molar-refractivity contribution in [2.45, 2.75) is 58.0 Å². The maximum Gasteiger partial charge on any atom is 0.254 e. The second kappa shape index (κ2) is 10.1. The molecule has 2 fully saturated rings. The highest BCUT2D eigenvalue weighted by molar-refractivity contribution is 5.94. The summed E-state index contributed by atoms with van der Waals surface area (Å²) in [7, 11) is 0. The largest absolute Gasteiger partial charge is 0.352 e. The Morgan fingerprint density at radius 1 is 1.15 bits per heavy atom. The molecule has 3 rings (SSSR count). The minimum atomic E-state index is 0. The van der Waals surface area contributed by atoms with Crippen LogP contribution in [0.15, 0.2) is 24.3 Å². The first kappa shape index (κ1) is 21.7. The van der Waals surface area contributed by atoms with Crippen molar-refractivity contribution < 1.29 is 9.59 Å². The predicted octanol–water partition coefficient (Wildman–Crippen LogP) is 3.11. The zero-order valence-electron chi connectivity index (χ0n) is 16.2. The number of amides is 2. The fourth-order valence-electron chi connectivity index (χ4n) is 4.19. The second-order valence-electron chi connectivity index (χ2n) is 7.91. The molecule has 5 nitrogen and oxygen atoms in total. The molecule has 2 atom stereocenters. The summed E-state index contributed by atoms with van der Waals surface area (Å²) in [6.45, 7) is 4.04. The van der Waals surface area contributed by atoms with E-state index >= 15 is 0 Å². The van der Waals surface area contributed by atoms with Crippen LogP contribution in [0.1, 0.15) is 61.4 Å². The Morgan fingerprint density at radius 2 is 1.81 bits per heavy atom. The number of hydrogen-bond acceptors (Lipinski definition) is 3. The van der Waals surface area contributed by atoms with E-state index in [1.165, 1.54) is 0 Å². The average molecular weight is 394 g/mol. The van der Waals surface area contributed by atoms with Gasteiger partial charge in [0.2, 0.25) is 5.91 Å². The molecule has 27 heavy (non-hydrogen) atoms. The minimum absolute atomic E-state index is 0. The third-order valence-corrected chi connectivity index (χ3v) is 5.90. The maximum atomic E-state index is 12.8. The van der Waals surface area contributed by atoms with Crippen LogP contribution >= 0.6 is 12.4 Å². The Labute approximate surface area is 168 Å². The number of nitrogens with zero attached hydrogens (tertiary/aromatic N) is 1. The van der Waals surface area contributed by atoms with Crippen LogP contribution in [0.4, 0.5) is 0 Å². The molecular formula is C21H32ClN3O2. The van der Waals surface area contributed by atoms with Crippen LogP contribution in [-0.4, -0.2) is 35.8 Å². The maximum absolute atomic E-state index is 12.8. The van der Waals surface area contributed by atoms with E-state index in [1.54, 1.807) is 0 Å². The van der Waals surface area contributed by atoms with Gasteiger partial charge in [-0.05, 0) is 49.3 Å². The third kappa shape index (κ3) is 5.45. The molecule has 2 amide bonds. The zero-order valence-corrected chi connectivity index (χ0v) is 17.0. The number of carbonyl (C=O) groups is 2. The normalized spacial score (nSPS) is 23.0. The SMILES string of the molecule is CC1CCN(C(=O)c2ccc(CNC(=O)C3CCCC3)cc2)C(CN)C1.Cl. The van der Waals surface area contributed by atoms with Crippen molar-refractivity contribution in [3.8, 4) is 0 Å². The number of nitrogens with two attached hydrogens (primary N) is 1. The molecule has 0 spiro atoms. The van der Waals surface area contributed by atoms with E-state index in [0.717, 1.165) is 50.6 Å². The van der Waals surface area contributed by atoms with E-state index in [0.29, 0.717) is 24.6 Å². The molecule has 1 aromatic carbocycles. The van der Waals surface area contributed by atoms with E-state index in [4.69, 9.17) is 5.73 Å². The van der Waals surface area contributed by atoms with Gasteiger partial charge in [0.1, 0.15) is 0 Å². The minimum Gasteiger partial charge on any atom is -0.352 e. The molecule has 1 aromatic rings. The van der Waals surface area contributed by atoms with Crippen molar-refractivity contribution in [2.75, 3.05) is 13.1 Å². The number of carbonyl (C=O) groups excluding carboxylic acids is 2. The van der Waals surface area contributed by atoms with Gasteiger partial charge < -0.3 is 16.0 Å². The summed E-state index contributed by atoms with van der Waals surface area (Å²) in [5.74, 6) is 1.04. The summed E-state index contributed by atoms with van der Waals surface area (Å²) in [5, 5.41) is 3.02. The summed E-state index contributed by atoms with van der Waals surface area (Å²) in [6.07, 6.45) is 6.36. The lowest BCUT2D eigenvalue weighted by Crippen LogP contribution is -2.49. The summed E-state index contributed by atoms with van der Waals surface area (Å²) >= 11 is 0. The van der Waals surface area contributed by atoms with Crippen LogP contribution < -0.4 is 11.1 Å². The molecule has 1 heterocycles. The Hall–Kier alpha value is -1.59. The molecule has 0 bridgehead atoms. The molecular weight excluding hydrogens is 362 g/mol. The molecule has 0 radical (unpaired) electrons. The lowest BCUT2D eigenvalue weighted by Gasteiger charge is -2.38. The number of likely N-dealkylation sites (tertiary alicyclic amines) is 1. The van der Waals surface area contributed by atoms with Crippen molar-refractivity contribution in [3.05, 3.63) is 35.4 Å². The molecule has 1 saturated heterocycles. The standard InChI is InChI=1S/C21H31N3O2.ClH/c1-15-10-11-24(19(12-15)13-22)21(26)18-8-6-16(7-9-18)14-23-20(25)17-4-2-3-5-17;/h6-9,15,17,19H,2-5,10-14,22H2,1H3,(H,23,25);1H. The van der Waals surface area contributed by atoms with Crippen LogP contribution in [0.25, 0.3) is 0 Å². The number of piperidine rings is 1. The average Bonchev–Trinajstić information content (AvgIpc) is 3.20. The highest BCUT2D eigenvalue weighted by Gasteiger charge is 2.29. The first-order chi connectivity index (χ1) is 12.6. The molecule has 3 N–H and O–H groups in total. The molecule has 150 valence electrons. The first-order valence-corrected chi connectivity index (χ1v) is 9.96. The van der Waals surface area contributed by atoms with Crippen LogP contribution in [-0.2, 0) is 11.3 Å². The lowest BCUT2D eigenvalue weighted by molar-refractivity contribution is -0.124. The highest BCUT2D eigenvalue weighted by atomic mass is 35.5. The van der Waals surface area contributed by atoms with Crippen LogP contribution in [0, 0.1) is 11.8 Å². The topological polar surface area (TPSA) is 75.4 Å². The predicted molar refractivity (Wildman–Crippen MR) is 110 cm³/mol. The molecule has 1 saturated carbocycles. The van der Waals surface area contributed by atoms with Gasteiger partial charge in [-0.2, -0.15) is 0 Å². The van der Waals surface area contributed by atoms with Crippen molar-refractivity contribution in [2.24, 2.45) is 17.6 Å². The fourth-order valence-corrected chi connectivity index (χ4v) is 4.19. The smallest absolute Gasteiger partial charge is 0.254 e. The second-order valence-corrected chi connectivity index (χ2v) is 7.91. The van der Waals surface area contributed by atoms with Crippen molar-refractivity contribution in [1.29, 1.82) is 0 Å². The van der Waals surface area contributed by atoms with Crippen molar-refractivity contribution in [3.63, 3.8) is 0 Å². The van der Waals surface area contributed by atoms with Crippen LogP contribution in [0.3, 0.4) is 0 Å². The third-order valence-electron chi connectivity index (χ3n) is 5.90. The Balaban J connectivity index is 0.00000261. The van der Waals surface area contributed by atoms with Gasteiger partial charge >= 0.3 is 0 Å². The number of halogens is 1. The molecule has 1 aliphatic heterocycles. The number of nitrogens with one attached hydrogen (secondary N) is 1. The zero-order chi connectivity index (χ0) is 18.5. The Bertz CT molecular complexity index is 629. The van der Waals surface area contributed by atoms with Gasteiger partial charge in [-0.15, -0.1) is 12.4 Å². The van der Waals surface area contributed by atoms with Gasteiger partial charge in [0.15, 0.2) is 0 Å². The van der Waals surface area contributed by atoms with Gasteiger partial charge in [0, 0.05) is 37.2 Å². The van der Waals surface area contributed by atoms with Crippen molar-refractivity contribution >= 4 is 24.2 Å².